The predicted molar refractivity (Wildman–Crippen MR) is 87.8 cm³/mol. The summed E-state index contributed by atoms with van der Waals surface area (Å²) in [5.74, 6) is 1.29. The molecule has 0 N–H and O–H groups in total. The molecular formula is C16H10F2N2O2S2. The number of hydrogen-bond acceptors (Lipinski definition) is 3. The topological polar surface area (TPSA) is 51.4 Å². The average Bonchev–Trinajstić information content (AvgIpc) is 2.86. The first kappa shape index (κ1) is 16.4. The molecule has 4 nitrogen and oxygen atoms in total. The van der Waals surface area contributed by atoms with Gasteiger partial charge in [0.05, 0.1) is 21.7 Å². The number of halogens is 2. The first-order chi connectivity index (χ1) is 11.4. The van der Waals surface area contributed by atoms with Crippen molar-refractivity contribution in [2.75, 3.05) is 0 Å². The van der Waals surface area contributed by atoms with Crippen molar-refractivity contribution < 1.29 is 17.2 Å². The van der Waals surface area contributed by atoms with Crippen LogP contribution in [0.5, 0.6) is 0 Å². The van der Waals surface area contributed by atoms with Crippen molar-refractivity contribution in [3.05, 3.63) is 58.9 Å². The summed E-state index contributed by atoms with van der Waals surface area (Å²) in [6.45, 7) is -0.0291. The van der Waals surface area contributed by atoms with Crippen molar-refractivity contribution >= 4 is 31.6 Å². The van der Waals surface area contributed by atoms with Crippen LogP contribution in [0.25, 0.3) is 10.2 Å². The molecule has 2 aromatic carbocycles. The van der Waals surface area contributed by atoms with Gasteiger partial charge >= 0.3 is 0 Å². The molecule has 0 radical (unpaired) electrons. The number of rotatable bonds is 3. The van der Waals surface area contributed by atoms with Crippen molar-refractivity contribution in [2.24, 2.45) is 4.40 Å². The SMILES string of the molecule is C#CCn1/c(=N/S(=O)(=O)c2ccc(F)cc2)sc2cccc(F)c21. The molecule has 1 heterocycles. The predicted octanol–water partition coefficient (Wildman–Crippen LogP) is 2.90. The number of hydrogen-bond donors (Lipinski definition) is 0. The van der Waals surface area contributed by atoms with Crippen LogP contribution >= 0.6 is 11.3 Å². The first-order valence-corrected chi connectivity index (χ1v) is 8.96. The van der Waals surface area contributed by atoms with Gasteiger partial charge in [0.15, 0.2) is 0 Å². The third-order valence-corrected chi connectivity index (χ3v) is 5.65. The Labute approximate surface area is 140 Å². The Bertz CT molecular complexity index is 1120. The van der Waals surface area contributed by atoms with Crippen LogP contribution in [0.3, 0.4) is 0 Å². The van der Waals surface area contributed by atoms with Gasteiger partial charge in [0.1, 0.15) is 11.6 Å². The highest BCUT2D eigenvalue weighted by atomic mass is 32.2. The van der Waals surface area contributed by atoms with Gasteiger partial charge in [-0.25, -0.2) is 8.78 Å². The number of nitrogens with zero attached hydrogens (tertiary/aromatic N) is 2. The Morgan fingerprint density at radius 2 is 1.88 bits per heavy atom. The molecule has 0 spiro atoms. The van der Waals surface area contributed by atoms with Crippen LogP contribution in [-0.2, 0) is 16.6 Å². The number of terminal acetylenes is 1. The molecule has 0 aliphatic rings. The summed E-state index contributed by atoms with van der Waals surface area (Å²) in [6, 6.07) is 8.73. The minimum Gasteiger partial charge on any atom is -0.302 e. The zero-order chi connectivity index (χ0) is 17.3. The standard InChI is InChI=1S/C16H10F2N2O2S2/c1-2-10-20-15-13(18)4-3-5-14(15)23-16(20)19-24(21,22)12-8-6-11(17)7-9-12/h1,3-9H,10H2/b19-16-. The van der Waals surface area contributed by atoms with Crippen LogP contribution in [0.2, 0.25) is 0 Å². The molecule has 0 bridgehead atoms. The Hall–Kier alpha value is -2.50. The Morgan fingerprint density at radius 3 is 2.54 bits per heavy atom. The number of para-hydroxylation sites is 1. The maximum atomic E-state index is 14.1. The fraction of sp³-hybridized carbons (Fsp3) is 0.0625. The van der Waals surface area contributed by atoms with Gasteiger partial charge in [-0.2, -0.15) is 8.42 Å². The van der Waals surface area contributed by atoms with E-state index in [2.05, 4.69) is 10.3 Å². The summed E-state index contributed by atoms with van der Waals surface area (Å²) >= 11 is 1.01. The van der Waals surface area contributed by atoms with Gasteiger partial charge in [0.2, 0.25) is 4.80 Å². The lowest BCUT2D eigenvalue weighted by molar-refractivity contribution is 0.594. The number of sulfonamides is 1. The normalized spacial score (nSPS) is 12.5. The Morgan fingerprint density at radius 1 is 1.17 bits per heavy atom. The molecule has 0 saturated carbocycles. The van der Waals surface area contributed by atoms with E-state index < -0.39 is 21.7 Å². The fourth-order valence-electron chi connectivity index (χ4n) is 2.16. The van der Waals surface area contributed by atoms with Crippen LogP contribution in [0, 0.1) is 24.0 Å². The third kappa shape index (κ3) is 2.96. The van der Waals surface area contributed by atoms with Crippen LogP contribution < -0.4 is 4.80 Å². The molecule has 0 saturated heterocycles. The van der Waals surface area contributed by atoms with E-state index in [1.54, 1.807) is 6.07 Å². The molecule has 3 aromatic rings. The van der Waals surface area contributed by atoms with E-state index >= 15 is 0 Å². The summed E-state index contributed by atoms with van der Waals surface area (Å²) in [6.07, 6.45) is 5.30. The zero-order valence-electron chi connectivity index (χ0n) is 12.1. The average molecular weight is 364 g/mol. The second-order valence-corrected chi connectivity index (χ2v) is 7.39. The lowest BCUT2D eigenvalue weighted by Gasteiger charge is -2.01. The largest absolute Gasteiger partial charge is 0.302 e. The van der Waals surface area contributed by atoms with Crippen LogP contribution in [0.15, 0.2) is 51.8 Å². The highest BCUT2D eigenvalue weighted by molar-refractivity contribution is 7.90. The molecule has 0 unspecified atom stereocenters. The smallest absolute Gasteiger partial charge is 0.285 e. The zero-order valence-corrected chi connectivity index (χ0v) is 13.7. The van der Waals surface area contributed by atoms with Gasteiger partial charge in [0.25, 0.3) is 10.0 Å². The summed E-state index contributed by atoms with van der Waals surface area (Å²) < 4.78 is 57.4. The first-order valence-electron chi connectivity index (χ1n) is 6.70. The molecular weight excluding hydrogens is 354 g/mol. The second-order valence-electron chi connectivity index (χ2n) is 4.78. The molecule has 0 fully saturated rings. The maximum absolute atomic E-state index is 14.1. The molecule has 1 aromatic heterocycles. The van der Waals surface area contributed by atoms with E-state index in [9.17, 15) is 17.2 Å². The minimum atomic E-state index is -4.07. The second kappa shape index (κ2) is 6.19. The highest BCUT2D eigenvalue weighted by Gasteiger charge is 2.16. The Kier molecular flexibility index (Phi) is 4.22. The number of benzene rings is 2. The summed E-state index contributed by atoms with van der Waals surface area (Å²) in [5, 5.41) is 0. The van der Waals surface area contributed by atoms with Crippen molar-refractivity contribution in [2.45, 2.75) is 11.4 Å². The van der Waals surface area contributed by atoms with Crippen LogP contribution in [0.1, 0.15) is 0 Å². The summed E-state index contributed by atoms with van der Waals surface area (Å²) in [7, 11) is -4.07. The minimum absolute atomic E-state index is 0.0291. The molecule has 122 valence electrons. The van der Waals surface area contributed by atoms with Crippen molar-refractivity contribution in [3.8, 4) is 12.3 Å². The van der Waals surface area contributed by atoms with E-state index in [-0.39, 0.29) is 21.8 Å². The summed E-state index contributed by atoms with van der Waals surface area (Å²) in [5.41, 5.74) is 0.202. The Balaban J connectivity index is 2.27. The molecule has 8 heteroatoms. The van der Waals surface area contributed by atoms with E-state index in [0.717, 1.165) is 35.6 Å². The van der Waals surface area contributed by atoms with E-state index in [1.807, 2.05) is 0 Å². The fourth-order valence-corrected chi connectivity index (χ4v) is 4.40. The van der Waals surface area contributed by atoms with Crippen molar-refractivity contribution in [1.82, 2.24) is 4.57 Å². The molecule has 0 aliphatic heterocycles. The molecule has 24 heavy (non-hydrogen) atoms. The maximum Gasteiger partial charge on any atom is 0.285 e. The van der Waals surface area contributed by atoms with Crippen molar-refractivity contribution in [1.29, 1.82) is 0 Å². The lowest BCUT2D eigenvalue weighted by atomic mass is 10.3. The van der Waals surface area contributed by atoms with E-state index in [1.165, 1.54) is 16.7 Å². The monoisotopic (exact) mass is 364 g/mol. The van der Waals surface area contributed by atoms with Gasteiger partial charge in [-0.3, -0.25) is 0 Å². The molecule has 0 atom stereocenters. The number of aromatic nitrogens is 1. The van der Waals surface area contributed by atoms with Crippen molar-refractivity contribution in [3.63, 3.8) is 0 Å². The van der Waals surface area contributed by atoms with Gasteiger partial charge in [-0.15, -0.1) is 10.8 Å². The molecule has 0 amide bonds. The quantitative estimate of drug-likeness (QED) is 0.671. The number of fused-ring (bicyclic) bond motifs is 1. The van der Waals surface area contributed by atoms with Gasteiger partial charge in [0, 0.05) is 0 Å². The van der Waals surface area contributed by atoms with Gasteiger partial charge in [-0.1, -0.05) is 23.3 Å². The van der Waals surface area contributed by atoms with E-state index in [4.69, 9.17) is 6.42 Å². The van der Waals surface area contributed by atoms with Gasteiger partial charge in [-0.05, 0) is 36.4 Å². The lowest BCUT2D eigenvalue weighted by Crippen LogP contribution is -2.17. The molecule has 0 aliphatic carbocycles. The summed E-state index contributed by atoms with van der Waals surface area (Å²) in [4.78, 5) is -0.105. The van der Waals surface area contributed by atoms with Gasteiger partial charge < -0.3 is 4.57 Å². The molecule has 3 rings (SSSR count). The number of thiazole rings is 1. The van der Waals surface area contributed by atoms with Crippen LogP contribution in [0.4, 0.5) is 8.78 Å². The van der Waals surface area contributed by atoms with E-state index in [0.29, 0.717) is 4.70 Å². The third-order valence-electron chi connectivity index (χ3n) is 3.21. The highest BCUT2D eigenvalue weighted by Crippen LogP contribution is 2.21. The van der Waals surface area contributed by atoms with Crippen LogP contribution in [-0.4, -0.2) is 13.0 Å².